The van der Waals surface area contributed by atoms with Crippen LogP contribution in [0.1, 0.15) is 57.4 Å². The molecule has 2 aromatic rings. The Hall–Kier alpha value is -2.48. The van der Waals surface area contributed by atoms with Crippen LogP contribution in [0.2, 0.25) is 0 Å². The molecule has 0 saturated carbocycles. The van der Waals surface area contributed by atoms with Crippen LogP contribution in [0.3, 0.4) is 0 Å². The molecule has 0 radical (unpaired) electrons. The van der Waals surface area contributed by atoms with Crippen molar-refractivity contribution in [1.29, 1.82) is 0 Å². The fraction of sp³-hybridized carbons (Fsp3) is 0.481. The molecule has 2 aromatic carbocycles. The number of alkyl halides is 3. The van der Waals surface area contributed by atoms with E-state index in [0.717, 1.165) is 43.9 Å². The van der Waals surface area contributed by atoms with Gasteiger partial charge in [-0.2, -0.15) is 4.39 Å². The lowest BCUT2D eigenvalue weighted by atomic mass is 9.80. The van der Waals surface area contributed by atoms with Gasteiger partial charge in [-0.1, -0.05) is 31.6 Å². The Morgan fingerprint density at radius 1 is 0.971 bits per heavy atom. The molecule has 2 aliphatic rings. The topological polar surface area (TPSA) is 18.5 Å². The van der Waals surface area contributed by atoms with E-state index in [0.29, 0.717) is 23.5 Å². The van der Waals surface area contributed by atoms with Crippen molar-refractivity contribution in [2.75, 3.05) is 6.61 Å². The molecule has 3 atom stereocenters. The largest absolute Gasteiger partial charge is 0.573 e. The van der Waals surface area contributed by atoms with E-state index in [2.05, 4.69) is 17.7 Å². The normalized spacial score (nSPS) is 23.2. The van der Waals surface area contributed by atoms with Gasteiger partial charge in [0.1, 0.15) is 5.82 Å². The first kappa shape index (κ1) is 25.6. The van der Waals surface area contributed by atoms with Crippen LogP contribution >= 0.6 is 0 Å². The zero-order valence-corrected chi connectivity index (χ0v) is 19.4. The molecule has 35 heavy (non-hydrogen) atoms. The third-order valence-electron chi connectivity index (χ3n) is 6.98. The predicted octanol–water partition coefficient (Wildman–Crippen LogP) is 8.45. The van der Waals surface area contributed by atoms with Gasteiger partial charge in [-0.15, -0.1) is 13.2 Å². The number of hydrogen-bond donors (Lipinski definition) is 0. The van der Waals surface area contributed by atoms with Crippen LogP contribution in [-0.2, 0) is 4.74 Å². The van der Waals surface area contributed by atoms with Gasteiger partial charge in [0.15, 0.2) is 11.6 Å². The van der Waals surface area contributed by atoms with Crippen molar-refractivity contribution in [2.45, 2.75) is 64.3 Å². The maximum absolute atomic E-state index is 14.9. The first-order valence-electron chi connectivity index (χ1n) is 12.0. The Labute approximate surface area is 200 Å². The van der Waals surface area contributed by atoms with Crippen molar-refractivity contribution in [3.63, 3.8) is 0 Å². The predicted molar refractivity (Wildman–Crippen MR) is 121 cm³/mol. The van der Waals surface area contributed by atoms with Crippen molar-refractivity contribution in [1.82, 2.24) is 0 Å². The number of allylic oxidation sites excluding steroid dienone is 2. The quantitative estimate of drug-likeness (QED) is 0.372. The standard InChI is InChI=1S/C27H28F6O2/c1-2-3-16-4-12-23(34-15-16)18-7-5-17(6-8-18)19-9-10-20(22(28)14-19)21-11-13-24(26(30)25(21)29)35-27(31,32)33/h5,9-11,13-14,16,18,23H,2-4,6-8,12,15H2,1H3. The lowest BCUT2D eigenvalue weighted by Gasteiger charge is -2.35. The van der Waals surface area contributed by atoms with Gasteiger partial charge >= 0.3 is 6.36 Å². The van der Waals surface area contributed by atoms with Crippen molar-refractivity contribution in [2.24, 2.45) is 11.8 Å². The van der Waals surface area contributed by atoms with Gasteiger partial charge in [-0.3, -0.25) is 0 Å². The fourth-order valence-corrected chi connectivity index (χ4v) is 5.16. The van der Waals surface area contributed by atoms with Crippen LogP contribution in [0.25, 0.3) is 16.7 Å². The maximum Gasteiger partial charge on any atom is 0.573 e. The molecule has 3 unspecified atom stereocenters. The van der Waals surface area contributed by atoms with E-state index >= 15 is 0 Å². The molecule has 1 heterocycles. The van der Waals surface area contributed by atoms with Gasteiger partial charge in [-0.05, 0) is 79.7 Å². The van der Waals surface area contributed by atoms with Gasteiger partial charge < -0.3 is 9.47 Å². The average Bonchev–Trinajstić information content (AvgIpc) is 2.83. The second-order valence-electron chi connectivity index (χ2n) is 9.35. The monoisotopic (exact) mass is 498 g/mol. The number of hydrogen-bond acceptors (Lipinski definition) is 2. The molecule has 2 nitrogen and oxygen atoms in total. The molecule has 190 valence electrons. The first-order valence-corrected chi connectivity index (χ1v) is 12.0. The molecule has 0 amide bonds. The van der Waals surface area contributed by atoms with Crippen LogP contribution < -0.4 is 4.74 Å². The average molecular weight is 499 g/mol. The van der Waals surface area contributed by atoms with Gasteiger partial charge in [0.25, 0.3) is 0 Å². The molecule has 1 aliphatic heterocycles. The van der Waals surface area contributed by atoms with Crippen LogP contribution in [0.5, 0.6) is 5.75 Å². The fourth-order valence-electron chi connectivity index (χ4n) is 5.16. The molecule has 0 N–H and O–H groups in total. The van der Waals surface area contributed by atoms with E-state index in [1.807, 2.05) is 0 Å². The Bertz CT molecular complexity index is 1070. The van der Waals surface area contributed by atoms with Crippen molar-refractivity contribution in [3.8, 4) is 16.9 Å². The Morgan fingerprint density at radius 3 is 2.34 bits per heavy atom. The van der Waals surface area contributed by atoms with E-state index in [1.54, 1.807) is 6.07 Å². The first-order chi connectivity index (χ1) is 16.7. The Balaban J connectivity index is 1.45. The van der Waals surface area contributed by atoms with E-state index in [9.17, 15) is 26.3 Å². The smallest absolute Gasteiger partial charge is 0.403 e. The highest BCUT2D eigenvalue weighted by atomic mass is 19.4. The summed E-state index contributed by atoms with van der Waals surface area (Å²) in [6.07, 6.45) is 4.32. The van der Waals surface area contributed by atoms with Crippen LogP contribution in [0, 0.1) is 29.3 Å². The molecule has 0 bridgehead atoms. The Morgan fingerprint density at radius 2 is 1.74 bits per heavy atom. The highest BCUT2D eigenvalue weighted by Crippen LogP contribution is 2.39. The van der Waals surface area contributed by atoms with Crippen LogP contribution in [0.15, 0.2) is 36.4 Å². The molecule has 0 spiro atoms. The van der Waals surface area contributed by atoms with E-state index in [1.165, 1.54) is 31.4 Å². The number of rotatable bonds is 6. The second kappa shape index (κ2) is 10.6. The summed E-state index contributed by atoms with van der Waals surface area (Å²) in [4.78, 5) is 0. The molecule has 8 heteroatoms. The van der Waals surface area contributed by atoms with E-state index < -0.39 is 35.1 Å². The summed E-state index contributed by atoms with van der Waals surface area (Å²) in [5.74, 6) is -4.44. The summed E-state index contributed by atoms with van der Waals surface area (Å²) >= 11 is 0. The lowest BCUT2D eigenvalue weighted by molar-refractivity contribution is -0.275. The summed E-state index contributed by atoms with van der Waals surface area (Å²) in [5, 5.41) is 0. The SMILES string of the molecule is CCCC1CCC(C2CC=C(c3ccc(-c4ccc(OC(F)(F)F)c(F)c4F)c(F)c3)CC2)OC1. The molecule has 1 saturated heterocycles. The molecule has 4 rings (SSSR count). The highest BCUT2D eigenvalue weighted by molar-refractivity contribution is 5.72. The van der Waals surface area contributed by atoms with Gasteiger partial charge in [0.2, 0.25) is 5.82 Å². The number of halogens is 6. The summed E-state index contributed by atoms with van der Waals surface area (Å²) in [7, 11) is 0. The van der Waals surface area contributed by atoms with Crippen LogP contribution in [0.4, 0.5) is 26.3 Å². The third kappa shape index (κ3) is 6.02. The lowest BCUT2D eigenvalue weighted by Crippen LogP contribution is -2.32. The number of ether oxygens (including phenoxy) is 2. The molecule has 1 fully saturated rings. The molecular weight excluding hydrogens is 470 g/mol. The van der Waals surface area contributed by atoms with Crippen LogP contribution in [-0.4, -0.2) is 19.1 Å². The minimum absolute atomic E-state index is 0.241. The van der Waals surface area contributed by atoms with E-state index in [-0.39, 0.29) is 11.7 Å². The van der Waals surface area contributed by atoms with E-state index in [4.69, 9.17) is 4.74 Å². The zero-order valence-electron chi connectivity index (χ0n) is 19.4. The molecular formula is C27H28F6O2. The summed E-state index contributed by atoms with van der Waals surface area (Å²) in [6, 6.07) is 5.70. The minimum Gasteiger partial charge on any atom is -0.403 e. The Kier molecular flexibility index (Phi) is 7.79. The van der Waals surface area contributed by atoms with Gasteiger partial charge in [0, 0.05) is 17.7 Å². The van der Waals surface area contributed by atoms with Crippen molar-refractivity contribution < 1.29 is 35.8 Å². The highest BCUT2D eigenvalue weighted by Gasteiger charge is 2.34. The molecule has 0 aromatic heterocycles. The summed E-state index contributed by atoms with van der Waals surface area (Å²) in [5.41, 5.74) is 0.909. The van der Waals surface area contributed by atoms with Gasteiger partial charge in [-0.25, -0.2) is 8.78 Å². The second-order valence-corrected chi connectivity index (χ2v) is 9.35. The van der Waals surface area contributed by atoms with Crippen molar-refractivity contribution >= 4 is 5.57 Å². The maximum atomic E-state index is 14.9. The zero-order chi connectivity index (χ0) is 25.2. The van der Waals surface area contributed by atoms with Crippen molar-refractivity contribution in [3.05, 3.63) is 59.4 Å². The minimum atomic E-state index is -5.17. The third-order valence-corrected chi connectivity index (χ3v) is 6.98. The van der Waals surface area contributed by atoms with Gasteiger partial charge in [0.05, 0.1) is 6.10 Å². The summed E-state index contributed by atoms with van der Waals surface area (Å²) < 4.78 is 90.1. The molecule has 1 aliphatic carbocycles. The summed E-state index contributed by atoms with van der Waals surface area (Å²) in [6.45, 7) is 3.01. The number of benzene rings is 2.